The van der Waals surface area contributed by atoms with Gasteiger partial charge in [0, 0.05) is 5.69 Å². The molecule has 2 aromatic carbocycles. The predicted molar refractivity (Wildman–Crippen MR) is 135 cm³/mol. The normalized spacial score (nSPS) is 20.3. The number of carbonyl (C=O) groups excluding carboxylic acids is 2. The van der Waals surface area contributed by atoms with Crippen LogP contribution in [0.15, 0.2) is 47.4 Å². The van der Waals surface area contributed by atoms with Gasteiger partial charge in [0.1, 0.15) is 6.10 Å². The average Bonchev–Trinajstić information content (AvgIpc) is 2.79. The third kappa shape index (κ3) is 7.07. The molecule has 0 heterocycles. The topological polar surface area (TPSA) is 98.8 Å². The zero-order chi connectivity index (χ0) is 25.8. The number of hydrogen-bond acceptors (Lipinski definition) is 6. The van der Waals surface area contributed by atoms with Crippen LogP contribution in [0.25, 0.3) is 0 Å². The quantitative estimate of drug-likeness (QED) is 0.495. The number of benzene rings is 2. The van der Waals surface area contributed by atoms with Crippen molar-refractivity contribution in [2.75, 3.05) is 11.3 Å². The number of carbonyl (C=O) groups is 2. The first-order valence-electron chi connectivity index (χ1n) is 12.0. The largest absolute Gasteiger partial charge is 0.460 e. The lowest BCUT2D eigenvalue weighted by atomic mass is 9.75. The van der Waals surface area contributed by atoms with Gasteiger partial charge in [0.15, 0.2) is 6.61 Å². The fourth-order valence-corrected chi connectivity index (χ4v) is 5.93. The highest BCUT2D eigenvalue weighted by Crippen LogP contribution is 2.35. The van der Waals surface area contributed by atoms with E-state index in [1.807, 2.05) is 13.0 Å². The molecule has 0 aromatic heterocycles. The van der Waals surface area contributed by atoms with Crippen LogP contribution >= 0.6 is 0 Å². The molecule has 0 saturated heterocycles. The van der Waals surface area contributed by atoms with E-state index in [-0.39, 0.29) is 16.6 Å². The van der Waals surface area contributed by atoms with Crippen molar-refractivity contribution in [1.29, 1.82) is 0 Å². The van der Waals surface area contributed by atoms with Crippen LogP contribution in [-0.2, 0) is 24.3 Å². The number of sulfonamides is 1. The fourth-order valence-electron chi connectivity index (χ4n) is 4.54. The second-order valence-electron chi connectivity index (χ2n) is 9.88. The molecule has 0 aliphatic heterocycles. The molecule has 1 saturated carbocycles. The van der Waals surface area contributed by atoms with Gasteiger partial charge in [0.2, 0.25) is 0 Å². The molecule has 0 unspecified atom stereocenters. The van der Waals surface area contributed by atoms with E-state index in [1.165, 1.54) is 24.3 Å². The second kappa shape index (κ2) is 11.2. The van der Waals surface area contributed by atoms with Gasteiger partial charge in [0.25, 0.3) is 10.0 Å². The van der Waals surface area contributed by atoms with Crippen molar-refractivity contribution in [3.05, 3.63) is 59.2 Å². The Kier molecular flexibility index (Phi) is 8.59. The minimum atomic E-state index is -3.78. The molecule has 1 fully saturated rings. The van der Waals surface area contributed by atoms with Gasteiger partial charge >= 0.3 is 11.9 Å². The van der Waals surface area contributed by atoms with Gasteiger partial charge in [-0.2, -0.15) is 0 Å². The molecule has 0 spiro atoms. The summed E-state index contributed by atoms with van der Waals surface area (Å²) in [6, 6.07) is 11.1. The molecular weight excluding hydrogens is 466 g/mol. The average molecular weight is 502 g/mol. The smallest absolute Gasteiger partial charge is 0.344 e. The van der Waals surface area contributed by atoms with E-state index in [4.69, 9.17) is 9.47 Å². The minimum Gasteiger partial charge on any atom is -0.460 e. The SMILES string of the molecule is Cc1ccc(C)c(S(=O)(=O)Nc2ccc(C(=O)OCC(=O)O[C@@H]3C[C@@H](C)CC[C@@H]3C(C)C)cc2)c1. The summed E-state index contributed by atoms with van der Waals surface area (Å²) in [5.74, 6) is -0.0141. The molecule has 3 atom stereocenters. The van der Waals surface area contributed by atoms with Crippen molar-refractivity contribution < 1.29 is 27.5 Å². The Labute approximate surface area is 208 Å². The molecule has 8 heteroatoms. The van der Waals surface area contributed by atoms with Crippen molar-refractivity contribution in [2.45, 2.75) is 64.9 Å². The Morgan fingerprint density at radius 3 is 2.40 bits per heavy atom. The number of rotatable bonds is 8. The zero-order valence-electron chi connectivity index (χ0n) is 21.0. The van der Waals surface area contributed by atoms with E-state index in [2.05, 4.69) is 25.5 Å². The molecule has 1 aliphatic rings. The number of ether oxygens (including phenoxy) is 2. The lowest BCUT2D eigenvalue weighted by Crippen LogP contribution is -2.36. The molecule has 3 rings (SSSR count). The molecule has 1 aliphatic carbocycles. The van der Waals surface area contributed by atoms with E-state index in [1.54, 1.807) is 19.1 Å². The van der Waals surface area contributed by atoms with Crippen LogP contribution < -0.4 is 4.72 Å². The first-order valence-corrected chi connectivity index (χ1v) is 13.5. The first kappa shape index (κ1) is 26.7. The maximum absolute atomic E-state index is 12.8. The van der Waals surface area contributed by atoms with Crippen molar-refractivity contribution >= 4 is 27.6 Å². The van der Waals surface area contributed by atoms with Crippen molar-refractivity contribution in [3.63, 3.8) is 0 Å². The highest BCUT2D eigenvalue weighted by molar-refractivity contribution is 7.92. The van der Waals surface area contributed by atoms with Gasteiger partial charge in [-0.3, -0.25) is 4.72 Å². The lowest BCUT2D eigenvalue weighted by Gasteiger charge is -2.36. The maximum Gasteiger partial charge on any atom is 0.344 e. The number of hydrogen-bond donors (Lipinski definition) is 1. The van der Waals surface area contributed by atoms with E-state index in [9.17, 15) is 18.0 Å². The van der Waals surface area contributed by atoms with Gasteiger partial charge < -0.3 is 9.47 Å². The first-order chi connectivity index (χ1) is 16.5. The van der Waals surface area contributed by atoms with E-state index < -0.39 is 28.6 Å². The Morgan fingerprint density at radius 2 is 1.74 bits per heavy atom. The molecule has 0 amide bonds. The summed E-state index contributed by atoms with van der Waals surface area (Å²) in [7, 11) is -3.78. The predicted octanol–water partition coefficient (Wildman–Crippen LogP) is 5.27. The Morgan fingerprint density at radius 1 is 1.06 bits per heavy atom. The zero-order valence-corrected chi connectivity index (χ0v) is 21.9. The minimum absolute atomic E-state index is 0.158. The van der Waals surface area contributed by atoms with Gasteiger partial charge in [-0.15, -0.1) is 0 Å². The molecule has 190 valence electrons. The van der Waals surface area contributed by atoms with Crippen LogP contribution in [0.2, 0.25) is 0 Å². The Hall–Kier alpha value is -2.87. The summed E-state index contributed by atoms with van der Waals surface area (Å²) in [4.78, 5) is 24.9. The van der Waals surface area contributed by atoms with Crippen LogP contribution in [0.3, 0.4) is 0 Å². The van der Waals surface area contributed by atoms with Crippen LogP contribution in [-0.4, -0.2) is 33.1 Å². The summed E-state index contributed by atoms with van der Waals surface area (Å²) >= 11 is 0. The molecule has 1 N–H and O–H groups in total. The Bertz CT molecular complexity index is 1160. The highest BCUT2D eigenvalue weighted by Gasteiger charge is 2.33. The van der Waals surface area contributed by atoms with Crippen molar-refractivity contribution in [2.24, 2.45) is 17.8 Å². The molecule has 0 bridgehead atoms. The van der Waals surface area contributed by atoms with Gasteiger partial charge in [-0.1, -0.05) is 39.3 Å². The van der Waals surface area contributed by atoms with Crippen molar-refractivity contribution in [1.82, 2.24) is 0 Å². The summed E-state index contributed by atoms with van der Waals surface area (Å²) < 4.78 is 38.9. The maximum atomic E-state index is 12.8. The molecule has 0 radical (unpaired) electrons. The fraction of sp³-hybridized carbons (Fsp3) is 0.481. The van der Waals surface area contributed by atoms with E-state index in [0.29, 0.717) is 29.0 Å². The summed E-state index contributed by atoms with van der Waals surface area (Å²) in [5.41, 5.74) is 2.00. The third-order valence-electron chi connectivity index (χ3n) is 6.57. The number of esters is 2. The van der Waals surface area contributed by atoms with Gasteiger partial charge in [-0.25, -0.2) is 18.0 Å². The van der Waals surface area contributed by atoms with Gasteiger partial charge in [0.05, 0.1) is 10.5 Å². The number of aryl methyl sites for hydroxylation is 2. The molecule has 35 heavy (non-hydrogen) atoms. The molecule has 2 aromatic rings. The van der Waals surface area contributed by atoms with Crippen molar-refractivity contribution in [3.8, 4) is 0 Å². The summed E-state index contributed by atoms with van der Waals surface area (Å²) in [5, 5.41) is 0. The molecule has 7 nitrogen and oxygen atoms in total. The van der Waals surface area contributed by atoms with Crippen LogP contribution in [0.1, 0.15) is 61.5 Å². The Balaban J connectivity index is 1.56. The third-order valence-corrected chi connectivity index (χ3v) is 8.09. The monoisotopic (exact) mass is 501 g/mol. The lowest BCUT2D eigenvalue weighted by molar-refractivity contribution is -0.159. The van der Waals surface area contributed by atoms with Crippen LogP contribution in [0.5, 0.6) is 0 Å². The standard InChI is InChI=1S/C27H35NO6S/c1-17(2)23-13-7-18(3)14-24(23)34-26(29)16-33-27(30)21-9-11-22(12-10-21)28-35(31,32)25-15-19(4)6-8-20(25)5/h6,8-12,15,17-18,23-24,28H,7,13-14,16H2,1-5H3/t18-,23+,24+/m0/s1. The van der Waals surface area contributed by atoms with Crippen LogP contribution in [0, 0.1) is 31.6 Å². The molecular formula is C27H35NO6S. The number of anilines is 1. The van der Waals surface area contributed by atoms with Gasteiger partial charge in [-0.05, 0) is 85.9 Å². The second-order valence-corrected chi connectivity index (χ2v) is 11.5. The number of nitrogens with one attached hydrogen (secondary N) is 1. The van der Waals surface area contributed by atoms with Crippen LogP contribution in [0.4, 0.5) is 5.69 Å². The summed E-state index contributed by atoms with van der Waals surface area (Å²) in [6.45, 7) is 9.52. The van der Waals surface area contributed by atoms with E-state index >= 15 is 0 Å². The summed E-state index contributed by atoms with van der Waals surface area (Å²) in [6.07, 6.45) is 2.81. The van der Waals surface area contributed by atoms with E-state index in [0.717, 1.165) is 24.8 Å². The highest BCUT2D eigenvalue weighted by atomic mass is 32.2.